The van der Waals surface area contributed by atoms with E-state index in [4.69, 9.17) is 22.6 Å². The molecule has 0 bridgehead atoms. The van der Waals surface area contributed by atoms with E-state index in [0.717, 1.165) is 16.0 Å². The van der Waals surface area contributed by atoms with Crippen LogP contribution in [0.5, 0.6) is 0 Å². The zero-order chi connectivity index (χ0) is 18.4. The molecular weight excluding hydrogens is 378 g/mol. The van der Waals surface area contributed by atoms with Crippen molar-refractivity contribution in [1.82, 2.24) is 9.29 Å². The molecular formula is C16H16ClN5OS2. The summed E-state index contributed by atoms with van der Waals surface area (Å²) in [6, 6.07) is 5.71. The minimum atomic E-state index is -2.58. The first-order valence-corrected chi connectivity index (χ1v) is 10.3. The first kappa shape index (κ1) is 17.7. The van der Waals surface area contributed by atoms with E-state index in [-0.39, 0.29) is 11.7 Å². The summed E-state index contributed by atoms with van der Waals surface area (Å²) in [4.78, 5) is 9.45. The Balaban J connectivity index is 2.11. The van der Waals surface area contributed by atoms with Crippen LogP contribution in [0.3, 0.4) is 0 Å². The fourth-order valence-electron chi connectivity index (χ4n) is 2.71. The number of hydrogen-bond acceptors (Lipinski definition) is 6. The van der Waals surface area contributed by atoms with Crippen LogP contribution in [0.25, 0.3) is 10.4 Å². The van der Waals surface area contributed by atoms with Gasteiger partial charge in [0.15, 0.2) is 0 Å². The third kappa shape index (κ3) is 3.11. The molecule has 0 radical (unpaired) electrons. The van der Waals surface area contributed by atoms with E-state index >= 15 is 0 Å². The highest BCUT2D eigenvalue weighted by atomic mass is 35.5. The molecule has 2 atom stereocenters. The van der Waals surface area contributed by atoms with Gasteiger partial charge in [0.1, 0.15) is 11.6 Å². The van der Waals surface area contributed by atoms with Gasteiger partial charge >= 0.3 is 0 Å². The molecule has 1 aliphatic heterocycles. The van der Waals surface area contributed by atoms with Gasteiger partial charge in [0, 0.05) is 35.4 Å². The molecule has 0 aromatic carbocycles. The van der Waals surface area contributed by atoms with Crippen molar-refractivity contribution >= 4 is 44.5 Å². The maximum absolute atomic E-state index is 12.8. The smallest absolute Gasteiger partial charge is 0.203 e. The van der Waals surface area contributed by atoms with Crippen molar-refractivity contribution < 1.29 is 4.21 Å². The molecule has 1 unspecified atom stereocenters. The van der Waals surface area contributed by atoms with Crippen molar-refractivity contribution in [3.05, 3.63) is 40.0 Å². The lowest BCUT2D eigenvalue weighted by Crippen LogP contribution is -2.50. The van der Waals surface area contributed by atoms with Crippen LogP contribution in [0.2, 0.25) is 4.34 Å². The minimum absolute atomic E-state index is 0.172. The van der Waals surface area contributed by atoms with Gasteiger partial charge in [-0.15, -0.1) is 11.3 Å². The van der Waals surface area contributed by atoms with Crippen molar-refractivity contribution in [3.8, 4) is 16.5 Å². The van der Waals surface area contributed by atoms with Crippen molar-refractivity contribution in [3.63, 3.8) is 0 Å². The second-order valence-corrected chi connectivity index (χ2v) is 10.1. The van der Waals surface area contributed by atoms with Crippen LogP contribution < -0.4 is 5.73 Å². The van der Waals surface area contributed by atoms with E-state index in [2.05, 4.69) is 21.9 Å². The van der Waals surface area contributed by atoms with E-state index in [9.17, 15) is 4.21 Å². The Morgan fingerprint density at radius 2 is 2.24 bits per heavy atom. The molecule has 0 aliphatic carbocycles. The second-order valence-electron chi connectivity index (χ2n) is 6.03. The number of nitriles is 1. The fraction of sp³-hybridized carbons (Fsp3) is 0.250. The number of hydrogen-bond donors (Lipinski definition) is 1. The van der Waals surface area contributed by atoms with Gasteiger partial charge in [0.05, 0.1) is 25.4 Å². The number of rotatable bonds is 2. The molecule has 0 spiro atoms. The number of guanidine groups is 1. The number of nitrogens with zero attached hydrogens (tertiary/aromatic N) is 4. The Bertz CT molecular complexity index is 1020. The van der Waals surface area contributed by atoms with Crippen LogP contribution in [-0.2, 0) is 15.2 Å². The van der Waals surface area contributed by atoms with E-state index in [0.29, 0.717) is 9.90 Å². The molecule has 6 nitrogen and oxygen atoms in total. The lowest BCUT2D eigenvalue weighted by Gasteiger charge is -2.37. The highest BCUT2D eigenvalue weighted by molar-refractivity contribution is 7.98. The first-order valence-electron chi connectivity index (χ1n) is 7.26. The Kier molecular flexibility index (Phi) is 4.27. The summed E-state index contributed by atoms with van der Waals surface area (Å²) in [6.45, 7) is 1.85. The van der Waals surface area contributed by atoms with Crippen LogP contribution in [0.4, 0.5) is 0 Å². The summed E-state index contributed by atoms with van der Waals surface area (Å²) >= 11 is 7.83. The molecule has 9 heteroatoms. The van der Waals surface area contributed by atoms with Crippen LogP contribution in [0, 0.1) is 11.3 Å². The average molecular weight is 394 g/mol. The third-order valence-corrected chi connectivity index (χ3v) is 7.71. The van der Waals surface area contributed by atoms with Gasteiger partial charge in [-0.25, -0.2) is 9.20 Å². The Morgan fingerprint density at radius 1 is 1.52 bits per heavy atom. The van der Waals surface area contributed by atoms with E-state index in [1.54, 1.807) is 19.3 Å². The number of aliphatic imine (C=N–C) groups is 1. The van der Waals surface area contributed by atoms with Crippen molar-refractivity contribution in [1.29, 1.82) is 5.26 Å². The van der Waals surface area contributed by atoms with Gasteiger partial charge in [-0.1, -0.05) is 11.6 Å². The molecule has 130 valence electrons. The number of pyridine rings is 1. The summed E-state index contributed by atoms with van der Waals surface area (Å²) in [5.41, 5.74) is 7.11. The highest BCUT2D eigenvalue weighted by Gasteiger charge is 2.39. The van der Waals surface area contributed by atoms with E-state index in [1.165, 1.54) is 21.8 Å². The zero-order valence-electron chi connectivity index (χ0n) is 13.7. The third-order valence-electron chi connectivity index (χ3n) is 4.11. The molecule has 0 fully saturated rings. The van der Waals surface area contributed by atoms with Crippen LogP contribution >= 0.6 is 22.9 Å². The lowest BCUT2D eigenvalue weighted by molar-refractivity contribution is 0.515. The molecule has 2 N–H and O–H groups in total. The van der Waals surface area contributed by atoms with Crippen molar-refractivity contribution in [2.75, 3.05) is 12.8 Å². The maximum Gasteiger partial charge on any atom is 0.203 e. The summed E-state index contributed by atoms with van der Waals surface area (Å²) in [5, 5.41) is 9.04. The fourth-order valence-corrected chi connectivity index (χ4v) is 5.88. The molecule has 0 amide bonds. The molecule has 2 aromatic rings. The summed E-state index contributed by atoms with van der Waals surface area (Å²) in [7, 11) is -0.963. The van der Waals surface area contributed by atoms with Gasteiger partial charge in [-0.3, -0.25) is 9.29 Å². The Labute approximate surface area is 155 Å². The van der Waals surface area contributed by atoms with Gasteiger partial charge in [0.2, 0.25) is 5.96 Å². The number of aromatic nitrogens is 1. The van der Waals surface area contributed by atoms with Gasteiger partial charge < -0.3 is 5.73 Å². The maximum atomic E-state index is 12.8. The van der Waals surface area contributed by atoms with Crippen LogP contribution in [0.15, 0.2) is 29.5 Å². The minimum Gasteiger partial charge on any atom is -0.369 e. The standard InChI is InChI=1S/C16H16ClN5OS2/c1-16(9-25(3,23)22(2)15(19)21-16)12-5-13(24-14(12)17)11-4-10(6-18)7-20-8-11/h4-5,7-8H,3,9H2,1-2H3,(H2,19,21)/t16-,25?/m0/s1. The van der Waals surface area contributed by atoms with Gasteiger partial charge in [-0.05, 0) is 24.9 Å². The summed E-state index contributed by atoms with van der Waals surface area (Å²) < 4.78 is 14.7. The quantitative estimate of drug-likeness (QED) is 0.792. The molecule has 2 aromatic heterocycles. The number of nitrogens with two attached hydrogens (primary N) is 1. The predicted octanol–water partition coefficient (Wildman–Crippen LogP) is 2.44. The summed E-state index contributed by atoms with van der Waals surface area (Å²) in [6.07, 6.45) is 3.17. The van der Waals surface area contributed by atoms with Crippen LogP contribution in [-0.4, -0.2) is 38.1 Å². The topological polar surface area (TPSA) is 95.4 Å². The molecule has 0 saturated carbocycles. The molecule has 25 heavy (non-hydrogen) atoms. The first-order chi connectivity index (χ1) is 11.7. The van der Waals surface area contributed by atoms with Gasteiger partial charge in [-0.2, -0.15) is 5.26 Å². The normalized spacial score (nSPS) is 26.2. The monoisotopic (exact) mass is 393 g/mol. The predicted molar refractivity (Wildman–Crippen MR) is 104 cm³/mol. The van der Waals surface area contributed by atoms with Crippen molar-refractivity contribution in [2.45, 2.75) is 12.5 Å². The van der Waals surface area contributed by atoms with Gasteiger partial charge in [0.25, 0.3) is 0 Å². The van der Waals surface area contributed by atoms with Crippen molar-refractivity contribution in [2.24, 2.45) is 10.7 Å². The van der Waals surface area contributed by atoms with E-state index in [1.807, 2.05) is 13.0 Å². The Hall–Kier alpha value is -2.08. The SMILES string of the molecule is C=S1(=O)C[C@@](C)(c2cc(-c3cncc(C#N)c3)sc2Cl)N=C(N)N1C. The summed E-state index contributed by atoms with van der Waals surface area (Å²) in [5.74, 6) is 4.19. The molecule has 3 rings (SSSR count). The lowest BCUT2D eigenvalue weighted by atomic mass is 9.97. The number of thiophene rings is 1. The molecule has 0 saturated heterocycles. The van der Waals surface area contributed by atoms with E-state index < -0.39 is 15.2 Å². The largest absolute Gasteiger partial charge is 0.369 e. The average Bonchev–Trinajstić information content (AvgIpc) is 2.95. The number of halogens is 1. The zero-order valence-corrected chi connectivity index (χ0v) is 16.1. The Morgan fingerprint density at radius 3 is 2.88 bits per heavy atom. The van der Waals surface area contributed by atoms with Crippen LogP contribution in [0.1, 0.15) is 18.1 Å². The second kappa shape index (κ2) is 6.02. The highest BCUT2D eigenvalue weighted by Crippen LogP contribution is 2.43. The molecule has 3 heterocycles. The molecule has 1 aliphatic rings.